The highest BCUT2D eigenvalue weighted by atomic mass is 31.2. The Morgan fingerprint density at radius 2 is 1.20 bits per heavy atom. The third-order valence-electron chi connectivity index (χ3n) is 7.05. The van der Waals surface area contributed by atoms with E-state index in [1.807, 2.05) is 6.92 Å². The molecule has 44 heavy (non-hydrogen) atoms. The van der Waals surface area contributed by atoms with Crippen LogP contribution in [0.25, 0.3) is 0 Å². The first kappa shape index (κ1) is 42.2. The summed E-state index contributed by atoms with van der Waals surface area (Å²) >= 11 is 0. The van der Waals surface area contributed by atoms with Crippen molar-refractivity contribution in [3.05, 3.63) is 12.2 Å². The van der Waals surface area contributed by atoms with Crippen molar-refractivity contribution in [1.29, 1.82) is 0 Å². The molecule has 0 saturated carbocycles. The molecule has 0 heterocycles. The third-order valence-corrected chi connectivity index (χ3v) is 8.01. The standard InChI is InChI=1S/C32H60NO10P/c1-3-5-7-8-9-10-11-12-13-14-15-16-17-18-19-20-21-22-23-30(35)33-29(32(37)38)27-43-44(39,40)42-26-28(34)25-41-31(36)24-6-4-2/h13-14,28-29,34H,3-12,15-27H2,1-2H3,(H,33,35)(H,37,38)(H,39,40)/b14-13-. The van der Waals surface area contributed by atoms with Gasteiger partial charge in [-0.2, -0.15) is 0 Å². The fraction of sp³-hybridized carbons (Fsp3) is 0.844. The first-order valence-corrected chi connectivity index (χ1v) is 18.2. The Morgan fingerprint density at radius 3 is 1.75 bits per heavy atom. The van der Waals surface area contributed by atoms with Gasteiger partial charge in [0.25, 0.3) is 0 Å². The molecule has 0 spiro atoms. The Balaban J connectivity index is 3.91. The second-order valence-corrected chi connectivity index (χ2v) is 12.8. The molecule has 0 rings (SSSR count). The number of carbonyl (C=O) groups is 3. The maximum Gasteiger partial charge on any atom is 0.472 e. The highest BCUT2D eigenvalue weighted by Gasteiger charge is 2.28. The third kappa shape index (κ3) is 27.7. The SMILES string of the molecule is CCCCCCCCC/C=C\CCCCCCCCCC(=O)NC(COP(=O)(O)OCC(O)COC(=O)CCCC)C(=O)O. The van der Waals surface area contributed by atoms with Crippen molar-refractivity contribution >= 4 is 25.7 Å². The predicted molar refractivity (Wildman–Crippen MR) is 171 cm³/mol. The van der Waals surface area contributed by atoms with Crippen LogP contribution in [-0.2, 0) is 32.7 Å². The van der Waals surface area contributed by atoms with E-state index in [2.05, 4.69) is 28.9 Å². The van der Waals surface area contributed by atoms with E-state index in [9.17, 15) is 34.1 Å². The minimum Gasteiger partial charge on any atom is -0.480 e. The second kappa shape index (κ2) is 28.7. The van der Waals surface area contributed by atoms with Gasteiger partial charge in [0.1, 0.15) is 12.7 Å². The van der Waals surface area contributed by atoms with Crippen LogP contribution in [0.3, 0.4) is 0 Å². The summed E-state index contributed by atoms with van der Waals surface area (Å²) < 4.78 is 26.2. The number of phosphoric acid groups is 1. The van der Waals surface area contributed by atoms with E-state index in [1.54, 1.807) is 0 Å². The number of aliphatic carboxylic acids is 1. The molecular weight excluding hydrogens is 589 g/mol. The molecular formula is C32H60NO10P. The summed E-state index contributed by atoms with van der Waals surface area (Å²) in [5.74, 6) is -2.42. The first-order valence-electron chi connectivity index (χ1n) is 16.7. The van der Waals surface area contributed by atoms with Crippen molar-refractivity contribution < 1.29 is 47.8 Å². The van der Waals surface area contributed by atoms with Crippen LogP contribution in [0.5, 0.6) is 0 Å². The van der Waals surface area contributed by atoms with Gasteiger partial charge in [-0.25, -0.2) is 9.36 Å². The summed E-state index contributed by atoms with van der Waals surface area (Å²) in [6.45, 7) is 2.26. The number of phosphoric ester groups is 1. The molecule has 3 atom stereocenters. The minimum atomic E-state index is -4.72. The van der Waals surface area contributed by atoms with E-state index in [-0.39, 0.29) is 12.8 Å². The van der Waals surface area contributed by atoms with Crippen molar-refractivity contribution in [1.82, 2.24) is 5.32 Å². The molecule has 0 bridgehead atoms. The Bertz CT molecular complexity index is 823. The van der Waals surface area contributed by atoms with Crippen LogP contribution < -0.4 is 5.32 Å². The number of ether oxygens (including phenoxy) is 1. The van der Waals surface area contributed by atoms with Gasteiger partial charge >= 0.3 is 19.8 Å². The summed E-state index contributed by atoms with van der Waals surface area (Å²) in [5.41, 5.74) is 0. The minimum absolute atomic E-state index is 0.143. The van der Waals surface area contributed by atoms with Gasteiger partial charge in [0.2, 0.25) is 5.91 Å². The van der Waals surface area contributed by atoms with Gasteiger partial charge in [0, 0.05) is 12.8 Å². The van der Waals surface area contributed by atoms with Gasteiger partial charge in [0.05, 0.1) is 13.2 Å². The lowest BCUT2D eigenvalue weighted by Crippen LogP contribution is -2.43. The topological polar surface area (TPSA) is 169 Å². The molecule has 0 aromatic carbocycles. The smallest absolute Gasteiger partial charge is 0.472 e. The molecule has 0 aliphatic heterocycles. The van der Waals surface area contributed by atoms with Gasteiger partial charge in [-0.05, 0) is 38.5 Å². The molecule has 3 unspecified atom stereocenters. The predicted octanol–water partition coefficient (Wildman–Crippen LogP) is 6.99. The van der Waals surface area contributed by atoms with Gasteiger partial charge in [-0.15, -0.1) is 0 Å². The number of nitrogens with one attached hydrogen (secondary N) is 1. The molecule has 0 fully saturated rings. The van der Waals surface area contributed by atoms with E-state index in [4.69, 9.17) is 9.26 Å². The van der Waals surface area contributed by atoms with Crippen molar-refractivity contribution in [2.45, 2.75) is 154 Å². The number of rotatable bonds is 31. The maximum atomic E-state index is 12.2. The summed E-state index contributed by atoms with van der Waals surface area (Å²) in [6, 6.07) is -1.54. The highest BCUT2D eigenvalue weighted by Crippen LogP contribution is 2.43. The quantitative estimate of drug-likeness (QED) is 0.0266. The normalized spacial score (nSPS) is 14.3. The van der Waals surface area contributed by atoms with E-state index >= 15 is 0 Å². The molecule has 0 aromatic rings. The Kier molecular flexibility index (Phi) is 27.5. The zero-order valence-electron chi connectivity index (χ0n) is 27.2. The molecule has 12 heteroatoms. The molecule has 11 nitrogen and oxygen atoms in total. The lowest BCUT2D eigenvalue weighted by molar-refractivity contribution is -0.147. The van der Waals surface area contributed by atoms with E-state index in [1.165, 1.54) is 64.2 Å². The first-order chi connectivity index (χ1) is 21.1. The average molecular weight is 650 g/mol. The largest absolute Gasteiger partial charge is 0.480 e. The maximum absolute atomic E-state index is 12.2. The van der Waals surface area contributed by atoms with Crippen LogP contribution in [0.1, 0.15) is 142 Å². The fourth-order valence-electron chi connectivity index (χ4n) is 4.34. The lowest BCUT2D eigenvalue weighted by Gasteiger charge is -2.18. The Hall–Kier alpha value is -1.78. The van der Waals surface area contributed by atoms with Gasteiger partial charge < -0.3 is 25.2 Å². The van der Waals surface area contributed by atoms with Crippen molar-refractivity contribution in [3.63, 3.8) is 0 Å². The van der Waals surface area contributed by atoms with Crippen LogP contribution in [-0.4, -0.2) is 64.9 Å². The van der Waals surface area contributed by atoms with Crippen LogP contribution in [0, 0.1) is 0 Å². The van der Waals surface area contributed by atoms with Crippen LogP contribution in [0.15, 0.2) is 12.2 Å². The van der Waals surface area contributed by atoms with Crippen LogP contribution >= 0.6 is 7.82 Å². The van der Waals surface area contributed by atoms with Gasteiger partial charge in [-0.3, -0.25) is 18.6 Å². The summed E-state index contributed by atoms with van der Waals surface area (Å²) in [5, 5.41) is 21.4. The van der Waals surface area contributed by atoms with Gasteiger partial charge in [-0.1, -0.05) is 103 Å². The second-order valence-electron chi connectivity index (χ2n) is 11.4. The fourth-order valence-corrected chi connectivity index (χ4v) is 5.12. The molecule has 4 N–H and O–H groups in total. The molecule has 1 amide bonds. The number of hydrogen-bond acceptors (Lipinski definition) is 8. The Labute approximate surface area is 265 Å². The summed E-state index contributed by atoms with van der Waals surface area (Å²) in [6.07, 6.45) is 23.8. The molecule has 0 aliphatic rings. The summed E-state index contributed by atoms with van der Waals surface area (Å²) in [7, 11) is -4.72. The van der Waals surface area contributed by atoms with Gasteiger partial charge in [0.15, 0.2) is 6.04 Å². The van der Waals surface area contributed by atoms with Crippen LogP contribution in [0.4, 0.5) is 0 Å². The van der Waals surface area contributed by atoms with E-state index in [0.717, 1.165) is 38.5 Å². The van der Waals surface area contributed by atoms with Crippen LogP contribution in [0.2, 0.25) is 0 Å². The van der Waals surface area contributed by atoms with E-state index in [0.29, 0.717) is 12.8 Å². The monoisotopic (exact) mass is 649 g/mol. The molecule has 0 aliphatic carbocycles. The number of unbranched alkanes of at least 4 members (excludes halogenated alkanes) is 15. The number of carbonyl (C=O) groups excluding carboxylic acids is 2. The number of carboxylic acid groups (broad SMARTS) is 1. The number of aliphatic hydroxyl groups is 1. The molecule has 0 radical (unpaired) electrons. The number of allylic oxidation sites excluding steroid dienone is 2. The molecule has 0 saturated heterocycles. The number of carboxylic acids is 1. The number of esters is 1. The Morgan fingerprint density at radius 1 is 0.705 bits per heavy atom. The van der Waals surface area contributed by atoms with E-state index < -0.39 is 57.6 Å². The number of aliphatic hydroxyl groups excluding tert-OH is 1. The van der Waals surface area contributed by atoms with Crippen molar-refractivity contribution in [2.24, 2.45) is 0 Å². The van der Waals surface area contributed by atoms with Crippen molar-refractivity contribution in [2.75, 3.05) is 19.8 Å². The average Bonchev–Trinajstić information content (AvgIpc) is 2.99. The zero-order valence-corrected chi connectivity index (χ0v) is 28.1. The molecule has 258 valence electrons. The summed E-state index contributed by atoms with van der Waals surface area (Å²) in [4.78, 5) is 44.9. The highest BCUT2D eigenvalue weighted by molar-refractivity contribution is 7.47. The number of amides is 1. The lowest BCUT2D eigenvalue weighted by atomic mass is 10.1. The zero-order chi connectivity index (χ0) is 32.9. The van der Waals surface area contributed by atoms with Crippen molar-refractivity contribution in [3.8, 4) is 0 Å². The molecule has 0 aromatic heterocycles. The number of hydrogen-bond donors (Lipinski definition) is 4.